The first-order valence-corrected chi connectivity index (χ1v) is 9.35. The zero-order valence-corrected chi connectivity index (χ0v) is 15.7. The van der Waals surface area contributed by atoms with Crippen LogP contribution in [0.1, 0.15) is 21.5 Å². The summed E-state index contributed by atoms with van der Waals surface area (Å²) in [5, 5.41) is 11.3. The molecule has 0 heterocycles. The van der Waals surface area contributed by atoms with E-state index in [0.717, 1.165) is 16.5 Å². The number of rotatable bonds is 7. The predicted octanol–water partition coefficient (Wildman–Crippen LogP) is 5.70. The molecule has 0 aliphatic carbocycles. The van der Waals surface area contributed by atoms with E-state index in [0.29, 0.717) is 17.7 Å². The fraction of sp³-hybridized carbons (Fsp3) is 0.0800. The molecule has 4 rings (SSSR count). The highest BCUT2D eigenvalue weighted by Crippen LogP contribution is 2.38. The lowest BCUT2D eigenvalue weighted by molar-refractivity contribution is 0.0693. The highest BCUT2D eigenvalue weighted by atomic mass is 16.5. The highest BCUT2D eigenvalue weighted by Gasteiger charge is 2.21. The van der Waals surface area contributed by atoms with E-state index in [-0.39, 0.29) is 17.9 Å². The Morgan fingerprint density at radius 3 is 1.90 bits per heavy atom. The van der Waals surface area contributed by atoms with Gasteiger partial charge in [-0.2, -0.15) is 0 Å². The van der Waals surface area contributed by atoms with Crippen molar-refractivity contribution in [3.05, 3.63) is 108 Å². The lowest BCUT2D eigenvalue weighted by Gasteiger charge is -2.17. The molecule has 0 unspecified atom stereocenters. The second-order valence-corrected chi connectivity index (χ2v) is 6.65. The van der Waals surface area contributed by atoms with Crippen molar-refractivity contribution in [3.63, 3.8) is 0 Å². The molecule has 0 aliphatic heterocycles. The van der Waals surface area contributed by atoms with Gasteiger partial charge in [-0.25, -0.2) is 4.79 Å². The maximum absolute atomic E-state index is 12.1. The largest absolute Gasteiger partial charge is 0.485 e. The Morgan fingerprint density at radius 1 is 0.724 bits per heavy atom. The molecule has 0 bridgehead atoms. The monoisotopic (exact) mass is 384 g/mol. The SMILES string of the molecule is O=C(O)c1c(OCc2ccccc2)c(OCc2ccccc2)cc2ccccc12. The summed E-state index contributed by atoms with van der Waals surface area (Å²) in [6, 6.07) is 28.6. The minimum absolute atomic E-state index is 0.113. The molecule has 0 saturated heterocycles. The molecule has 1 N–H and O–H groups in total. The zero-order chi connectivity index (χ0) is 20.1. The Bertz CT molecular complexity index is 1120. The van der Waals surface area contributed by atoms with Crippen LogP contribution in [0.2, 0.25) is 0 Å². The van der Waals surface area contributed by atoms with E-state index < -0.39 is 5.97 Å². The van der Waals surface area contributed by atoms with Crippen LogP contribution >= 0.6 is 0 Å². The van der Waals surface area contributed by atoms with Crippen LogP contribution in [0.4, 0.5) is 0 Å². The lowest BCUT2D eigenvalue weighted by Crippen LogP contribution is -2.07. The molecule has 0 fully saturated rings. The summed E-state index contributed by atoms with van der Waals surface area (Å²) in [6.07, 6.45) is 0. The van der Waals surface area contributed by atoms with Gasteiger partial charge in [0.1, 0.15) is 18.8 Å². The fourth-order valence-corrected chi connectivity index (χ4v) is 3.23. The smallest absolute Gasteiger partial charge is 0.340 e. The molecule has 0 spiro atoms. The minimum Gasteiger partial charge on any atom is -0.485 e. The van der Waals surface area contributed by atoms with Crippen LogP contribution in [0.5, 0.6) is 11.5 Å². The summed E-state index contributed by atoms with van der Waals surface area (Å²) in [6.45, 7) is 0.571. The molecule has 4 aromatic carbocycles. The number of fused-ring (bicyclic) bond motifs is 1. The third kappa shape index (κ3) is 4.22. The molecule has 0 saturated carbocycles. The quantitative estimate of drug-likeness (QED) is 0.444. The number of hydrogen-bond acceptors (Lipinski definition) is 3. The third-order valence-corrected chi connectivity index (χ3v) is 4.64. The van der Waals surface area contributed by atoms with Gasteiger partial charge >= 0.3 is 5.97 Å². The van der Waals surface area contributed by atoms with Gasteiger partial charge < -0.3 is 14.6 Å². The van der Waals surface area contributed by atoms with Crippen LogP contribution in [-0.2, 0) is 13.2 Å². The number of carboxylic acids is 1. The molecule has 0 aromatic heterocycles. The highest BCUT2D eigenvalue weighted by molar-refractivity contribution is 6.07. The van der Waals surface area contributed by atoms with Gasteiger partial charge in [-0.3, -0.25) is 0 Å². The first kappa shape index (κ1) is 18.6. The number of benzene rings is 4. The summed E-state index contributed by atoms with van der Waals surface area (Å²) in [7, 11) is 0. The van der Waals surface area contributed by atoms with Crippen LogP contribution < -0.4 is 9.47 Å². The Kier molecular flexibility index (Phi) is 5.43. The second kappa shape index (κ2) is 8.48. The van der Waals surface area contributed by atoms with Crippen molar-refractivity contribution in [1.82, 2.24) is 0 Å². The van der Waals surface area contributed by atoms with Crippen LogP contribution in [0.25, 0.3) is 10.8 Å². The average Bonchev–Trinajstić information content (AvgIpc) is 2.76. The first-order valence-electron chi connectivity index (χ1n) is 9.35. The van der Waals surface area contributed by atoms with E-state index in [1.165, 1.54) is 0 Å². The molecule has 4 nitrogen and oxygen atoms in total. The van der Waals surface area contributed by atoms with Gasteiger partial charge in [0.25, 0.3) is 0 Å². The van der Waals surface area contributed by atoms with Gasteiger partial charge in [0, 0.05) is 5.39 Å². The number of carboxylic acid groups (broad SMARTS) is 1. The standard InChI is InChI=1S/C25H20O4/c26-25(27)23-21-14-8-7-13-20(21)15-22(28-16-18-9-3-1-4-10-18)24(23)29-17-19-11-5-2-6-12-19/h1-15H,16-17H2,(H,26,27). The Hall–Kier alpha value is -3.79. The summed E-state index contributed by atoms with van der Waals surface area (Å²) in [5.74, 6) is -0.383. The number of hydrogen-bond donors (Lipinski definition) is 1. The molecular weight excluding hydrogens is 364 g/mol. The molecule has 144 valence electrons. The Morgan fingerprint density at radius 2 is 1.28 bits per heavy atom. The van der Waals surface area contributed by atoms with Crippen molar-refractivity contribution in [1.29, 1.82) is 0 Å². The van der Waals surface area contributed by atoms with Crippen molar-refractivity contribution in [2.24, 2.45) is 0 Å². The molecule has 29 heavy (non-hydrogen) atoms. The summed E-state index contributed by atoms with van der Waals surface area (Å²) in [4.78, 5) is 12.1. The number of carbonyl (C=O) groups is 1. The van der Waals surface area contributed by atoms with E-state index in [1.807, 2.05) is 84.9 Å². The van der Waals surface area contributed by atoms with Crippen LogP contribution in [0, 0.1) is 0 Å². The van der Waals surface area contributed by atoms with Crippen molar-refractivity contribution < 1.29 is 19.4 Å². The number of aromatic carboxylic acids is 1. The first-order chi connectivity index (χ1) is 14.2. The maximum Gasteiger partial charge on any atom is 0.340 e. The van der Waals surface area contributed by atoms with E-state index in [4.69, 9.17) is 9.47 Å². The summed E-state index contributed by atoms with van der Waals surface area (Å²) < 4.78 is 12.0. The second-order valence-electron chi connectivity index (χ2n) is 6.65. The zero-order valence-electron chi connectivity index (χ0n) is 15.7. The number of ether oxygens (including phenoxy) is 2. The molecule has 0 amide bonds. The molecular formula is C25H20O4. The maximum atomic E-state index is 12.1. The van der Waals surface area contributed by atoms with E-state index in [9.17, 15) is 9.90 Å². The normalized spacial score (nSPS) is 10.6. The fourth-order valence-electron chi connectivity index (χ4n) is 3.23. The van der Waals surface area contributed by atoms with Crippen molar-refractivity contribution in [3.8, 4) is 11.5 Å². The predicted molar refractivity (Wildman–Crippen MR) is 112 cm³/mol. The van der Waals surface area contributed by atoms with Crippen molar-refractivity contribution in [2.45, 2.75) is 13.2 Å². The Balaban J connectivity index is 1.75. The molecule has 4 heteroatoms. The van der Waals surface area contributed by atoms with Crippen LogP contribution in [-0.4, -0.2) is 11.1 Å². The van der Waals surface area contributed by atoms with Crippen LogP contribution in [0.3, 0.4) is 0 Å². The van der Waals surface area contributed by atoms with Gasteiger partial charge in [-0.15, -0.1) is 0 Å². The van der Waals surface area contributed by atoms with Gasteiger partial charge in [0.15, 0.2) is 11.5 Å². The van der Waals surface area contributed by atoms with Crippen molar-refractivity contribution in [2.75, 3.05) is 0 Å². The van der Waals surface area contributed by atoms with Gasteiger partial charge in [-0.05, 0) is 22.6 Å². The van der Waals surface area contributed by atoms with Gasteiger partial charge in [-0.1, -0.05) is 84.9 Å². The molecule has 0 radical (unpaired) electrons. The Labute approximate surface area is 169 Å². The topological polar surface area (TPSA) is 55.8 Å². The average molecular weight is 384 g/mol. The van der Waals surface area contributed by atoms with Gasteiger partial charge in [0.2, 0.25) is 0 Å². The van der Waals surface area contributed by atoms with E-state index in [1.54, 1.807) is 6.07 Å². The molecule has 0 atom stereocenters. The third-order valence-electron chi connectivity index (χ3n) is 4.64. The molecule has 0 aliphatic rings. The van der Waals surface area contributed by atoms with Crippen LogP contribution in [0.15, 0.2) is 91.0 Å². The van der Waals surface area contributed by atoms with Crippen molar-refractivity contribution >= 4 is 16.7 Å². The molecule has 4 aromatic rings. The van der Waals surface area contributed by atoms with Gasteiger partial charge in [0.05, 0.1) is 0 Å². The lowest BCUT2D eigenvalue weighted by atomic mass is 10.0. The van der Waals surface area contributed by atoms with E-state index >= 15 is 0 Å². The summed E-state index contributed by atoms with van der Waals surface area (Å²) >= 11 is 0. The summed E-state index contributed by atoms with van der Waals surface area (Å²) in [5.41, 5.74) is 2.06. The minimum atomic E-state index is -1.05. The van der Waals surface area contributed by atoms with E-state index in [2.05, 4.69) is 0 Å².